The molecule has 0 radical (unpaired) electrons. The number of hydrogen-bond donors (Lipinski definition) is 2. The monoisotopic (exact) mass is 207 g/mol. The molecule has 1 fully saturated rings. The van der Waals surface area contributed by atoms with Crippen LogP contribution in [0.2, 0.25) is 0 Å². The first kappa shape index (κ1) is 10.2. The molecule has 1 atom stereocenters. The SMILES string of the molecule is CN1CCCC1CNc1nccnc1N. The minimum absolute atomic E-state index is 0.471. The van der Waals surface area contributed by atoms with Gasteiger partial charge in [-0.15, -0.1) is 0 Å². The Hall–Kier alpha value is -1.36. The molecule has 5 nitrogen and oxygen atoms in total. The van der Waals surface area contributed by atoms with Gasteiger partial charge in [-0.2, -0.15) is 0 Å². The Kier molecular flexibility index (Phi) is 3.01. The Morgan fingerprint density at radius 3 is 3.00 bits per heavy atom. The summed E-state index contributed by atoms with van der Waals surface area (Å²) in [6.07, 6.45) is 5.77. The van der Waals surface area contributed by atoms with Crippen LogP contribution in [0.4, 0.5) is 11.6 Å². The van der Waals surface area contributed by atoms with Gasteiger partial charge in [0.05, 0.1) is 0 Å². The number of nitrogen functional groups attached to an aromatic ring is 1. The van der Waals surface area contributed by atoms with E-state index in [-0.39, 0.29) is 0 Å². The van der Waals surface area contributed by atoms with Crippen molar-refractivity contribution in [2.45, 2.75) is 18.9 Å². The number of likely N-dealkylation sites (tertiary alicyclic amines) is 1. The number of nitrogens with zero attached hydrogens (tertiary/aromatic N) is 3. The van der Waals surface area contributed by atoms with Gasteiger partial charge in [0.2, 0.25) is 0 Å². The largest absolute Gasteiger partial charge is 0.381 e. The van der Waals surface area contributed by atoms with Gasteiger partial charge < -0.3 is 16.0 Å². The molecule has 0 spiro atoms. The van der Waals surface area contributed by atoms with E-state index in [4.69, 9.17) is 5.73 Å². The van der Waals surface area contributed by atoms with Crippen LogP contribution in [0.25, 0.3) is 0 Å². The zero-order chi connectivity index (χ0) is 10.7. The fourth-order valence-electron chi connectivity index (χ4n) is 1.94. The Labute approximate surface area is 89.7 Å². The summed E-state index contributed by atoms with van der Waals surface area (Å²) in [5, 5.41) is 3.24. The summed E-state index contributed by atoms with van der Waals surface area (Å²) < 4.78 is 0. The van der Waals surface area contributed by atoms with Crippen LogP contribution in [0.3, 0.4) is 0 Å². The summed E-state index contributed by atoms with van der Waals surface area (Å²) in [4.78, 5) is 10.5. The Morgan fingerprint density at radius 2 is 2.33 bits per heavy atom. The minimum atomic E-state index is 0.471. The molecule has 1 aromatic heterocycles. The molecule has 15 heavy (non-hydrogen) atoms. The molecule has 0 saturated carbocycles. The molecule has 1 aliphatic heterocycles. The Morgan fingerprint density at radius 1 is 1.53 bits per heavy atom. The number of aromatic nitrogens is 2. The summed E-state index contributed by atoms with van der Waals surface area (Å²) in [6.45, 7) is 2.07. The van der Waals surface area contributed by atoms with Crippen LogP contribution in [-0.2, 0) is 0 Å². The first-order valence-corrected chi connectivity index (χ1v) is 5.28. The highest BCUT2D eigenvalue weighted by atomic mass is 15.2. The number of likely N-dealkylation sites (N-methyl/N-ethyl adjacent to an activating group) is 1. The second kappa shape index (κ2) is 4.44. The number of nitrogens with one attached hydrogen (secondary N) is 1. The van der Waals surface area contributed by atoms with E-state index in [1.165, 1.54) is 19.4 Å². The van der Waals surface area contributed by atoms with Crippen molar-refractivity contribution >= 4 is 11.6 Å². The average Bonchev–Trinajstić information content (AvgIpc) is 2.63. The van der Waals surface area contributed by atoms with Crippen molar-refractivity contribution in [3.63, 3.8) is 0 Å². The number of rotatable bonds is 3. The van der Waals surface area contributed by atoms with Gasteiger partial charge in [-0.3, -0.25) is 0 Å². The van der Waals surface area contributed by atoms with Gasteiger partial charge in [-0.1, -0.05) is 0 Å². The van der Waals surface area contributed by atoms with Crippen molar-refractivity contribution in [2.75, 3.05) is 31.2 Å². The van der Waals surface area contributed by atoms with Gasteiger partial charge in [-0.05, 0) is 26.4 Å². The number of hydrogen-bond acceptors (Lipinski definition) is 5. The van der Waals surface area contributed by atoms with Crippen LogP contribution < -0.4 is 11.1 Å². The molecule has 1 aromatic rings. The highest BCUT2D eigenvalue weighted by Crippen LogP contribution is 2.16. The van der Waals surface area contributed by atoms with Crippen molar-refractivity contribution in [3.8, 4) is 0 Å². The molecule has 0 amide bonds. The molecule has 3 N–H and O–H groups in total. The maximum Gasteiger partial charge on any atom is 0.168 e. The maximum absolute atomic E-state index is 5.69. The normalized spacial score (nSPS) is 21.8. The first-order chi connectivity index (χ1) is 7.27. The summed E-state index contributed by atoms with van der Waals surface area (Å²) >= 11 is 0. The molecular formula is C10H17N5. The van der Waals surface area contributed by atoms with Gasteiger partial charge in [0.15, 0.2) is 11.6 Å². The van der Waals surface area contributed by atoms with Crippen molar-refractivity contribution in [3.05, 3.63) is 12.4 Å². The number of nitrogens with two attached hydrogens (primary N) is 1. The number of anilines is 2. The second-order valence-electron chi connectivity index (χ2n) is 3.95. The lowest BCUT2D eigenvalue weighted by Crippen LogP contribution is -2.31. The lowest BCUT2D eigenvalue weighted by molar-refractivity contribution is 0.322. The second-order valence-corrected chi connectivity index (χ2v) is 3.95. The van der Waals surface area contributed by atoms with Crippen LogP contribution >= 0.6 is 0 Å². The molecule has 1 aliphatic rings. The van der Waals surface area contributed by atoms with E-state index < -0.39 is 0 Å². The molecule has 5 heteroatoms. The Bertz CT molecular complexity index is 327. The van der Waals surface area contributed by atoms with Crippen molar-refractivity contribution < 1.29 is 0 Å². The maximum atomic E-state index is 5.69. The topological polar surface area (TPSA) is 67.1 Å². The fraction of sp³-hybridized carbons (Fsp3) is 0.600. The predicted octanol–water partition coefficient (Wildman–Crippen LogP) is 0.565. The molecule has 0 aromatic carbocycles. The lowest BCUT2D eigenvalue weighted by Gasteiger charge is -2.20. The summed E-state index contributed by atoms with van der Waals surface area (Å²) in [7, 11) is 2.15. The van der Waals surface area contributed by atoms with Crippen molar-refractivity contribution in [1.29, 1.82) is 0 Å². The van der Waals surface area contributed by atoms with Crippen molar-refractivity contribution in [1.82, 2.24) is 14.9 Å². The van der Waals surface area contributed by atoms with Crippen molar-refractivity contribution in [2.24, 2.45) is 0 Å². The lowest BCUT2D eigenvalue weighted by atomic mass is 10.2. The predicted molar refractivity (Wildman–Crippen MR) is 60.6 cm³/mol. The third kappa shape index (κ3) is 2.36. The fourth-order valence-corrected chi connectivity index (χ4v) is 1.94. The quantitative estimate of drug-likeness (QED) is 0.758. The van der Waals surface area contributed by atoms with Gasteiger partial charge in [-0.25, -0.2) is 9.97 Å². The van der Waals surface area contributed by atoms with Gasteiger partial charge >= 0.3 is 0 Å². The van der Waals surface area contributed by atoms with Crippen LogP contribution in [0.15, 0.2) is 12.4 Å². The minimum Gasteiger partial charge on any atom is -0.381 e. The molecule has 1 saturated heterocycles. The first-order valence-electron chi connectivity index (χ1n) is 5.28. The van der Waals surface area contributed by atoms with E-state index in [1.54, 1.807) is 12.4 Å². The van der Waals surface area contributed by atoms with Gasteiger partial charge in [0.1, 0.15) is 0 Å². The van der Waals surface area contributed by atoms with Gasteiger partial charge in [0.25, 0.3) is 0 Å². The highest BCUT2D eigenvalue weighted by Gasteiger charge is 2.20. The summed E-state index contributed by atoms with van der Waals surface area (Å²) in [5.74, 6) is 1.16. The van der Waals surface area contributed by atoms with Crippen LogP contribution in [0.1, 0.15) is 12.8 Å². The van der Waals surface area contributed by atoms with Crippen LogP contribution in [0, 0.1) is 0 Å². The molecule has 0 aliphatic carbocycles. The molecule has 2 rings (SSSR count). The highest BCUT2D eigenvalue weighted by molar-refractivity contribution is 5.54. The van der Waals surface area contributed by atoms with E-state index in [1.807, 2.05) is 0 Å². The van der Waals surface area contributed by atoms with E-state index in [0.717, 1.165) is 6.54 Å². The summed E-state index contributed by atoms with van der Waals surface area (Å²) in [5.41, 5.74) is 5.69. The van der Waals surface area contributed by atoms with Crippen LogP contribution in [-0.4, -0.2) is 41.0 Å². The molecule has 2 heterocycles. The Balaban J connectivity index is 1.90. The van der Waals surface area contributed by atoms with E-state index in [9.17, 15) is 0 Å². The standard InChI is InChI=1S/C10H17N5/c1-15-6-2-3-8(15)7-14-10-9(11)12-4-5-13-10/h4-5,8H,2-3,6-7H2,1H3,(H2,11,12)(H,13,14). The van der Waals surface area contributed by atoms with Gasteiger partial charge in [0, 0.05) is 25.0 Å². The summed E-state index contributed by atoms with van der Waals surface area (Å²) in [6, 6.07) is 0.589. The van der Waals surface area contributed by atoms with E-state index in [0.29, 0.717) is 17.7 Å². The van der Waals surface area contributed by atoms with E-state index in [2.05, 4.69) is 27.2 Å². The van der Waals surface area contributed by atoms with Crippen LogP contribution in [0.5, 0.6) is 0 Å². The smallest absolute Gasteiger partial charge is 0.168 e. The molecule has 0 bridgehead atoms. The molecule has 1 unspecified atom stereocenters. The van der Waals surface area contributed by atoms with E-state index >= 15 is 0 Å². The third-order valence-corrected chi connectivity index (χ3v) is 2.90. The third-order valence-electron chi connectivity index (χ3n) is 2.90. The average molecular weight is 207 g/mol. The zero-order valence-corrected chi connectivity index (χ0v) is 8.98. The zero-order valence-electron chi connectivity index (χ0n) is 8.98. The molecular weight excluding hydrogens is 190 g/mol. The molecule has 82 valence electrons.